The summed E-state index contributed by atoms with van der Waals surface area (Å²) in [6.07, 6.45) is 0. The van der Waals surface area contributed by atoms with E-state index in [0.29, 0.717) is 5.75 Å². The average molecular weight is 248 g/mol. The van der Waals surface area contributed by atoms with Gasteiger partial charge in [0.1, 0.15) is 5.75 Å². The van der Waals surface area contributed by atoms with Crippen LogP contribution in [0.2, 0.25) is 0 Å². The molecule has 0 atom stereocenters. The number of aromatic carboxylic acids is 1. The lowest BCUT2D eigenvalue weighted by Crippen LogP contribution is -1.94. The number of carboxylic acid groups (broad SMARTS) is 1. The van der Waals surface area contributed by atoms with Crippen LogP contribution in [0.15, 0.2) is 48.5 Å². The Hall–Kier alpha value is -2.69. The van der Waals surface area contributed by atoms with Crippen molar-refractivity contribution >= 4 is 5.97 Å². The van der Waals surface area contributed by atoms with Crippen molar-refractivity contribution in [1.82, 2.24) is 0 Å². The molecule has 0 unspecified atom stereocenters. The molecule has 0 bridgehead atoms. The molecule has 0 saturated carbocycles. The van der Waals surface area contributed by atoms with Crippen molar-refractivity contribution in [2.75, 3.05) is 0 Å². The number of phenolic OH excluding ortho intramolecular Hbond substituents is 3. The van der Waals surface area contributed by atoms with Gasteiger partial charge in [-0.05, 0) is 30.3 Å². The zero-order valence-corrected chi connectivity index (χ0v) is 9.32. The predicted octanol–water partition coefficient (Wildman–Crippen LogP) is 2.19. The zero-order valence-electron chi connectivity index (χ0n) is 9.32. The summed E-state index contributed by atoms with van der Waals surface area (Å²) in [6.45, 7) is 0. The molecule has 18 heavy (non-hydrogen) atoms. The number of benzene rings is 2. The summed E-state index contributed by atoms with van der Waals surface area (Å²) in [5.74, 6) is -1.57. The van der Waals surface area contributed by atoms with Crippen molar-refractivity contribution in [3.63, 3.8) is 0 Å². The fraction of sp³-hybridized carbons (Fsp3) is 0. The third-order valence-electron chi connectivity index (χ3n) is 1.98. The highest BCUT2D eigenvalue weighted by atomic mass is 16.4. The Bertz CT molecular complexity index is 522. The first-order valence-electron chi connectivity index (χ1n) is 5.00. The van der Waals surface area contributed by atoms with E-state index in [-0.39, 0.29) is 11.3 Å². The maximum absolute atomic E-state index is 10.3. The molecule has 0 heterocycles. The Morgan fingerprint density at radius 1 is 0.833 bits per heavy atom. The molecule has 0 aliphatic heterocycles. The lowest BCUT2D eigenvalue weighted by Gasteiger charge is -1.97. The minimum Gasteiger partial charge on any atom is -0.508 e. The molecule has 4 N–H and O–H groups in total. The average Bonchev–Trinajstić information content (AvgIpc) is 2.34. The minimum atomic E-state index is -1.14. The quantitative estimate of drug-likeness (QED) is 0.580. The van der Waals surface area contributed by atoms with E-state index in [1.807, 2.05) is 6.07 Å². The van der Waals surface area contributed by atoms with Gasteiger partial charge in [-0.15, -0.1) is 0 Å². The molecular formula is C13H12O5. The van der Waals surface area contributed by atoms with Crippen LogP contribution >= 0.6 is 0 Å². The molecule has 2 rings (SSSR count). The Kier molecular flexibility index (Phi) is 4.57. The molecular weight excluding hydrogens is 236 g/mol. The van der Waals surface area contributed by atoms with Crippen LogP contribution in [0.1, 0.15) is 10.4 Å². The molecule has 0 amide bonds. The molecule has 0 saturated heterocycles. The normalized spacial score (nSPS) is 9.11. The van der Waals surface area contributed by atoms with E-state index >= 15 is 0 Å². The SMILES string of the molecule is O=C(O)c1ccc(O)c(O)c1.Oc1ccccc1. The van der Waals surface area contributed by atoms with Crippen LogP contribution in [0.4, 0.5) is 0 Å². The standard InChI is InChI=1S/C7H6O4.C6H6O/c8-5-2-1-4(7(10)11)3-6(5)9;7-6-4-2-1-3-5-6/h1-3,8-9H,(H,10,11);1-5,7H. The predicted molar refractivity (Wildman–Crippen MR) is 64.8 cm³/mol. The van der Waals surface area contributed by atoms with Gasteiger partial charge >= 0.3 is 5.97 Å². The smallest absolute Gasteiger partial charge is 0.335 e. The van der Waals surface area contributed by atoms with Gasteiger partial charge in [0.25, 0.3) is 0 Å². The van der Waals surface area contributed by atoms with Crippen LogP contribution in [0.5, 0.6) is 17.2 Å². The summed E-state index contributed by atoms with van der Waals surface area (Å²) in [7, 11) is 0. The molecule has 2 aromatic carbocycles. The van der Waals surface area contributed by atoms with Gasteiger partial charge in [-0.1, -0.05) is 18.2 Å². The van der Waals surface area contributed by atoms with Crippen molar-refractivity contribution in [3.05, 3.63) is 54.1 Å². The van der Waals surface area contributed by atoms with Gasteiger partial charge in [-0.2, -0.15) is 0 Å². The lowest BCUT2D eigenvalue weighted by molar-refractivity contribution is 0.0696. The van der Waals surface area contributed by atoms with E-state index < -0.39 is 11.7 Å². The van der Waals surface area contributed by atoms with E-state index in [4.69, 9.17) is 20.4 Å². The topological polar surface area (TPSA) is 98.0 Å². The molecule has 0 aliphatic rings. The van der Waals surface area contributed by atoms with Crippen LogP contribution in [-0.2, 0) is 0 Å². The molecule has 0 aromatic heterocycles. The fourth-order valence-corrected chi connectivity index (χ4v) is 1.08. The number of hydrogen-bond donors (Lipinski definition) is 4. The van der Waals surface area contributed by atoms with E-state index in [0.717, 1.165) is 12.1 Å². The molecule has 94 valence electrons. The highest BCUT2D eigenvalue weighted by Gasteiger charge is 2.05. The molecule has 5 nitrogen and oxygen atoms in total. The first kappa shape index (κ1) is 13.4. The Balaban J connectivity index is 0.000000199. The summed E-state index contributed by atoms with van der Waals surface area (Å²) in [4.78, 5) is 10.3. The molecule has 0 spiro atoms. The van der Waals surface area contributed by atoms with Crippen molar-refractivity contribution < 1.29 is 25.2 Å². The van der Waals surface area contributed by atoms with E-state index in [1.165, 1.54) is 6.07 Å². The second kappa shape index (κ2) is 6.15. The number of carbonyl (C=O) groups is 1. The van der Waals surface area contributed by atoms with Crippen LogP contribution in [0.25, 0.3) is 0 Å². The van der Waals surface area contributed by atoms with Crippen LogP contribution < -0.4 is 0 Å². The van der Waals surface area contributed by atoms with E-state index in [9.17, 15) is 4.79 Å². The van der Waals surface area contributed by atoms with Gasteiger partial charge in [0.15, 0.2) is 11.5 Å². The molecule has 0 aliphatic carbocycles. The van der Waals surface area contributed by atoms with Crippen molar-refractivity contribution in [2.24, 2.45) is 0 Å². The first-order valence-corrected chi connectivity index (χ1v) is 5.00. The number of rotatable bonds is 1. The second-order valence-electron chi connectivity index (χ2n) is 3.34. The summed E-state index contributed by atoms with van der Waals surface area (Å²) in [5, 5.41) is 34.7. The van der Waals surface area contributed by atoms with Gasteiger partial charge in [0, 0.05) is 0 Å². The number of carboxylic acids is 1. The fourth-order valence-electron chi connectivity index (χ4n) is 1.08. The summed E-state index contributed by atoms with van der Waals surface area (Å²) in [6, 6.07) is 12.0. The zero-order chi connectivity index (χ0) is 13.5. The van der Waals surface area contributed by atoms with Gasteiger partial charge in [-0.25, -0.2) is 4.79 Å². The van der Waals surface area contributed by atoms with Gasteiger partial charge in [0.2, 0.25) is 0 Å². The van der Waals surface area contributed by atoms with Crippen molar-refractivity contribution in [1.29, 1.82) is 0 Å². The minimum absolute atomic E-state index is 0.0553. The van der Waals surface area contributed by atoms with Crippen molar-refractivity contribution in [3.8, 4) is 17.2 Å². The Morgan fingerprint density at radius 3 is 1.83 bits per heavy atom. The monoisotopic (exact) mass is 248 g/mol. The Labute approximate surface area is 103 Å². The highest BCUT2D eigenvalue weighted by molar-refractivity contribution is 5.88. The summed E-state index contributed by atoms with van der Waals surface area (Å²) < 4.78 is 0. The van der Waals surface area contributed by atoms with Crippen LogP contribution in [-0.4, -0.2) is 26.4 Å². The highest BCUT2D eigenvalue weighted by Crippen LogP contribution is 2.24. The summed E-state index contributed by atoms with van der Waals surface area (Å²) in [5.41, 5.74) is -0.0553. The van der Waals surface area contributed by atoms with Crippen molar-refractivity contribution in [2.45, 2.75) is 0 Å². The summed E-state index contributed by atoms with van der Waals surface area (Å²) >= 11 is 0. The largest absolute Gasteiger partial charge is 0.508 e. The lowest BCUT2D eigenvalue weighted by atomic mass is 10.2. The Morgan fingerprint density at radius 2 is 1.44 bits per heavy atom. The third-order valence-corrected chi connectivity index (χ3v) is 1.98. The molecule has 0 radical (unpaired) electrons. The second-order valence-corrected chi connectivity index (χ2v) is 3.34. The molecule has 5 heteroatoms. The number of para-hydroxylation sites is 1. The number of aromatic hydroxyl groups is 3. The maximum Gasteiger partial charge on any atom is 0.335 e. The number of phenols is 3. The van der Waals surface area contributed by atoms with E-state index in [2.05, 4.69) is 0 Å². The first-order chi connectivity index (χ1) is 8.50. The number of hydrogen-bond acceptors (Lipinski definition) is 4. The molecule has 0 fully saturated rings. The van der Waals surface area contributed by atoms with Crippen LogP contribution in [0, 0.1) is 0 Å². The van der Waals surface area contributed by atoms with Gasteiger partial charge in [0.05, 0.1) is 5.56 Å². The van der Waals surface area contributed by atoms with E-state index in [1.54, 1.807) is 24.3 Å². The third kappa shape index (κ3) is 4.05. The van der Waals surface area contributed by atoms with Gasteiger partial charge < -0.3 is 20.4 Å². The van der Waals surface area contributed by atoms with Gasteiger partial charge in [-0.3, -0.25) is 0 Å². The molecule has 2 aromatic rings. The van der Waals surface area contributed by atoms with Crippen LogP contribution in [0.3, 0.4) is 0 Å². The maximum atomic E-state index is 10.3.